The number of nitrogens with one attached hydrogen (secondary N) is 1. The Balaban J connectivity index is 1.58. The third-order valence-electron chi connectivity index (χ3n) is 4.22. The zero-order valence-corrected chi connectivity index (χ0v) is 15.0. The summed E-state index contributed by atoms with van der Waals surface area (Å²) in [5.74, 6) is 0.517. The van der Waals surface area contributed by atoms with Crippen LogP contribution in [0.5, 0.6) is 5.75 Å². The van der Waals surface area contributed by atoms with Crippen molar-refractivity contribution in [3.8, 4) is 11.4 Å². The first-order chi connectivity index (χ1) is 13.1. The van der Waals surface area contributed by atoms with Crippen molar-refractivity contribution in [2.24, 2.45) is 0 Å². The normalized spacial score (nSPS) is 10.7. The number of carbonyl (C=O) groups is 1. The summed E-state index contributed by atoms with van der Waals surface area (Å²) in [7, 11) is 1.59. The maximum Gasteiger partial charge on any atom is 0.255 e. The van der Waals surface area contributed by atoms with Crippen LogP contribution in [0.2, 0.25) is 0 Å². The molecule has 0 atom stereocenters. The molecule has 1 heterocycles. The van der Waals surface area contributed by atoms with E-state index in [0.717, 1.165) is 16.8 Å². The number of nitrogens with zero attached hydrogens (tertiary/aromatic N) is 3. The summed E-state index contributed by atoms with van der Waals surface area (Å²) in [4.78, 5) is 14.0. The van der Waals surface area contributed by atoms with E-state index in [2.05, 4.69) is 15.5 Å². The van der Waals surface area contributed by atoms with Crippen LogP contribution in [0.1, 0.15) is 15.9 Å². The van der Waals surface area contributed by atoms with Gasteiger partial charge in [-0.1, -0.05) is 12.1 Å². The molecule has 3 aromatic carbocycles. The van der Waals surface area contributed by atoms with Crippen molar-refractivity contribution in [1.29, 1.82) is 0 Å². The van der Waals surface area contributed by atoms with Crippen LogP contribution in [0.15, 0.2) is 66.7 Å². The molecular weight excluding hydrogens is 340 g/mol. The highest BCUT2D eigenvalue weighted by Gasteiger charge is 2.09. The molecule has 0 saturated heterocycles. The van der Waals surface area contributed by atoms with Gasteiger partial charge >= 0.3 is 0 Å². The Labute approximate surface area is 156 Å². The fourth-order valence-corrected chi connectivity index (χ4v) is 2.81. The lowest BCUT2D eigenvalue weighted by Gasteiger charge is -2.06. The topological polar surface area (TPSA) is 69.0 Å². The van der Waals surface area contributed by atoms with Crippen LogP contribution in [0, 0.1) is 6.92 Å². The molecule has 4 rings (SSSR count). The van der Waals surface area contributed by atoms with Gasteiger partial charge in [0, 0.05) is 11.3 Å². The molecule has 6 heteroatoms. The van der Waals surface area contributed by atoms with Gasteiger partial charge in [-0.15, -0.1) is 10.2 Å². The molecule has 0 aliphatic carbocycles. The minimum Gasteiger partial charge on any atom is -0.497 e. The quantitative estimate of drug-likeness (QED) is 0.599. The molecule has 4 aromatic rings. The Morgan fingerprint density at radius 1 is 0.963 bits per heavy atom. The van der Waals surface area contributed by atoms with Crippen molar-refractivity contribution >= 4 is 22.6 Å². The molecule has 0 unspecified atom stereocenters. The SMILES string of the molecule is COc1ccc(C(=O)Nc2ccc3nn(-c4cccc(C)c4)nc3c2)cc1. The van der Waals surface area contributed by atoms with Crippen molar-refractivity contribution in [3.63, 3.8) is 0 Å². The summed E-state index contributed by atoms with van der Waals surface area (Å²) >= 11 is 0. The molecule has 1 amide bonds. The number of hydrogen-bond donors (Lipinski definition) is 1. The molecule has 0 aliphatic heterocycles. The zero-order chi connectivity index (χ0) is 18.8. The molecule has 1 aromatic heterocycles. The first-order valence-corrected chi connectivity index (χ1v) is 8.52. The van der Waals surface area contributed by atoms with Gasteiger partial charge < -0.3 is 10.1 Å². The number of fused-ring (bicyclic) bond motifs is 1. The lowest BCUT2D eigenvalue weighted by Crippen LogP contribution is -2.11. The summed E-state index contributed by atoms with van der Waals surface area (Å²) in [6, 6.07) is 20.4. The largest absolute Gasteiger partial charge is 0.497 e. The third-order valence-corrected chi connectivity index (χ3v) is 4.22. The van der Waals surface area contributed by atoms with E-state index in [1.807, 2.05) is 49.4 Å². The van der Waals surface area contributed by atoms with Crippen LogP contribution in [0.3, 0.4) is 0 Å². The van der Waals surface area contributed by atoms with Gasteiger partial charge in [-0.25, -0.2) is 0 Å². The van der Waals surface area contributed by atoms with Crippen LogP contribution < -0.4 is 10.1 Å². The molecule has 0 fully saturated rings. The highest BCUT2D eigenvalue weighted by atomic mass is 16.5. The number of benzene rings is 3. The second-order valence-corrected chi connectivity index (χ2v) is 6.21. The van der Waals surface area contributed by atoms with Crippen molar-refractivity contribution in [2.45, 2.75) is 6.92 Å². The number of anilines is 1. The molecule has 0 saturated carbocycles. The number of carbonyl (C=O) groups excluding carboxylic acids is 1. The van der Waals surface area contributed by atoms with Crippen LogP contribution in [-0.2, 0) is 0 Å². The van der Waals surface area contributed by atoms with Gasteiger partial charge in [0.05, 0.1) is 12.8 Å². The number of aromatic nitrogens is 3. The average Bonchev–Trinajstić information content (AvgIpc) is 3.11. The van der Waals surface area contributed by atoms with Crippen LogP contribution in [-0.4, -0.2) is 28.0 Å². The summed E-state index contributed by atoms with van der Waals surface area (Å²) in [5.41, 5.74) is 4.73. The average molecular weight is 358 g/mol. The van der Waals surface area contributed by atoms with Crippen LogP contribution in [0.25, 0.3) is 16.7 Å². The van der Waals surface area contributed by atoms with Gasteiger partial charge in [0.15, 0.2) is 0 Å². The van der Waals surface area contributed by atoms with E-state index in [4.69, 9.17) is 4.74 Å². The number of hydrogen-bond acceptors (Lipinski definition) is 4. The number of methoxy groups -OCH3 is 1. The van der Waals surface area contributed by atoms with Crippen molar-refractivity contribution in [3.05, 3.63) is 77.9 Å². The first-order valence-electron chi connectivity index (χ1n) is 8.52. The third kappa shape index (κ3) is 3.50. The minimum absolute atomic E-state index is 0.192. The van der Waals surface area contributed by atoms with E-state index in [0.29, 0.717) is 22.5 Å². The molecule has 0 spiro atoms. The fourth-order valence-electron chi connectivity index (χ4n) is 2.81. The van der Waals surface area contributed by atoms with E-state index < -0.39 is 0 Å². The van der Waals surface area contributed by atoms with Crippen molar-refractivity contribution in [1.82, 2.24) is 15.0 Å². The Hall–Kier alpha value is -3.67. The number of aryl methyl sites for hydroxylation is 1. The standard InChI is InChI=1S/C21H18N4O2/c1-14-4-3-5-17(12-14)25-23-19-11-8-16(13-20(19)24-25)22-21(26)15-6-9-18(27-2)10-7-15/h3-13H,1-2H3,(H,22,26). The lowest BCUT2D eigenvalue weighted by atomic mass is 10.2. The predicted molar refractivity (Wildman–Crippen MR) is 105 cm³/mol. The summed E-state index contributed by atoms with van der Waals surface area (Å²) in [6.45, 7) is 2.03. The minimum atomic E-state index is -0.192. The molecule has 27 heavy (non-hydrogen) atoms. The highest BCUT2D eigenvalue weighted by Crippen LogP contribution is 2.19. The van der Waals surface area contributed by atoms with Crippen LogP contribution in [0.4, 0.5) is 5.69 Å². The molecule has 0 bridgehead atoms. The fraction of sp³-hybridized carbons (Fsp3) is 0.0952. The van der Waals surface area contributed by atoms with E-state index in [1.54, 1.807) is 36.2 Å². The van der Waals surface area contributed by atoms with Gasteiger partial charge in [0.1, 0.15) is 16.8 Å². The van der Waals surface area contributed by atoms with Crippen LogP contribution >= 0.6 is 0 Å². The summed E-state index contributed by atoms with van der Waals surface area (Å²) in [5, 5.41) is 11.9. The van der Waals surface area contributed by atoms with Crippen molar-refractivity contribution < 1.29 is 9.53 Å². The molecule has 6 nitrogen and oxygen atoms in total. The first kappa shape index (κ1) is 16.8. The molecule has 1 N–H and O–H groups in total. The number of amides is 1. The van der Waals surface area contributed by atoms with E-state index in [-0.39, 0.29) is 5.91 Å². The van der Waals surface area contributed by atoms with E-state index in [1.165, 1.54) is 0 Å². The Bertz CT molecular complexity index is 1120. The highest BCUT2D eigenvalue weighted by molar-refractivity contribution is 6.05. The smallest absolute Gasteiger partial charge is 0.255 e. The van der Waals surface area contributed by atoms with Gasteiger partial charge in [-0.2, -0.15) is 4.80 Å². The summed E-state index contributed by atoms with van der Waals surface area (Å²) in [6.07, 6.45) is 0. The van der Waals surface area contributed by atoms with Gasteiger partial charge in [-0.05, 0) is 67.1 Å². The molecule has 0 radical (unpaired) electrons. The van der Waals surface area contributed by atoms with E-state index in [9.17, 15) is 4.79 Å². The van der Waals surface area contributed by atoms with Crippen molar-refractivity contribution in [2.75, 3.05) is 12.4 Å². The lowest BCUT2D eigenvalue weighted by molar-refractivity contribution is 0.102. The van der Waals surface area contributed by atoms with E-state index >= 15 is 0 Å². The Kier molecular flexibility index (Phi) is 4.30. The molecule has 0 aliphatic rings. The number of rotatable bonds is 4. The monoisotopic (exact) mass is 358 g/mol. The Morgan fingerprint density at radius 2 is 1.74 bits per heavy atom. The maximum absolute atomic E-state index is 12.4. The maximum atomic E-state index is 12.4. The zero-order valence-electron chi connectivity index (χ0n) is 15.0. The number of ether oxygens (including phenoxy) is 1. The molecular formula is C21H18N4O2. The van der Waals surface area contributed by atoms with Gasteiger partial charge in [0.2, 0.25) is 0 Å². The Morgan fingerprint density at radius 3 is 2.48 bits per heavy atom. The predicted octanol–water partition coefficient (Wildman–Crippen LogP) is 3.99. The second-order valence-electron chi connectivity index (χ2n) is 6.21. The van der Waals surface area contributed by atoms with Gasteiger partial charge in [-0.3, -0.25) is 4.79 Å². The molecule has 134 valence electrons. The summed E-state index contributed by atoms with van der Waals surface area (Å²) < 4.78 is 5.11. The second kappa shape index (κ2) is 6.92. The van der Waals surface area contributed by atoms with Gasteiger partial charge in [0.25, 0.3) is 5.91 Å².